The topological polar surface area (TPSA) is 17.6 Å². The van der Waals surface area contributed by atoms with Crippen LogP contribution in [0.5, 0.6) is 0 Å². The number of imidazole rings is 2. The van der Waals surface area contributed by atoms with Gasteiger partial charge in [0, 0.05) is 0 Å². The van der Waals surface area contributed by atoms with E-state index in [0.717, 1.165) is 13.1 Å². The van der Waals surface area contributed by atoms with Crippen molar-refractivity contribution in [3.05, 3.63) is 37.4 Å². The van der Waals surface area contributed by atoms with Gasteiger partial charge in [0.2, 0.25) is 12.7 Å². The van der Waals surface area contributed by atoms with Gasteiger partial charge in [0.15, 0.2) is 0 Å². The zero-order chi connectivity index (χ0) is 12.8. The zero-order valence-electron chi connectivity index (χ0n) is 11.5. The Morgan fingerprint density at radius 3 is 1.50 bits per heavy atom. The van der Waals surface area contributed by atoms with Gasteiger partial charge in [0.1, 0.15) is 24.8 Å². The first-order valence-corrected chi connectivity index (χ1v) is 6.76. The van der Waals surface area contributed by atoms with E-state index in [1.807, 2.05) is 0 Å². The van der Waals surface area contributed by atoms with Gasteiger partial charge in [-0.3, -0.25) is 0 Å². The fourth-order valence-corrected chi connectivity index (χ4v) is 2.21. The van der Waals surface area contributed by atoms with Crippen molar-refractivity contribution in [2.24, 2.45) is 14.1 Å². The first kappa shape index (κ1) is 12.9. The van der Waals surface area contributed by atoms with Crippen molar-refractivity contribution < 1.29 is 9.13 Å². The number of rotatable bonds is 7. The molecule has 0 saturated carbocycles. The molecule has 4 nitrogen and oxygen atoms in total. The van der Waals surface area contributed by atoms with Gasteiger partial charge in [0.05, 0.1) is 27.2 Å². The summed E-state index contributed by atoms with van der Waals surface area (Å²) in [7, 11) is 4.13. The minimum Gasteiger partial charge on any atom is -0.240 e. The number of aromatic nitrogens is 4. The van der Waals surface area contributed by atoms with Crippen LogP contribution < -0.4 is 9.13 Å². The third kappa shape index (κ3) is 4.02. The van der Waals surface area contributed by atoms with Gasteiger partial charge in [-0.2, -0.15) is 0 Å². The quantitative estimate of drug-likeness (QED) is 0.518. The normalized spacial score (nSPS) is 11.0. The van der Waals surface area contributed by atoms with Crippen LogP contribution in [0.25, 0.3) is 0 Å². The summed E-state index contributed by atoms with van der Waals surface area (Å²) in [6.45, 7) is 2.28. The Hall–Kier alpha value is -1.58. The van der Waals surface area contributed by atoms with E-state index in [1.54, 1.807) is 0 Å². The van der Waals surface area contributed by atoms with E-state index in [4.69, 9.17) is 0 Å². The average Bonchev–Trinajstić information content (AvgIpc) is 2.93. The molecule has 2 aromatic rings. The van der Waals surface area contributed by atoms with Gasteiger partial charge in [0.25, 0.3) is 0 Å². The smallest absolute Gasteiger partial charge is 0.240 e. The van der Waals surface area contributed by atoms with E-state index in [1.165, 1.54) is 25.7 Å². The summed E-state index contributed by atoms with van der Waals surface area (Å²) in [5.41, 5.74) is 0. The summed E-state index contributed by atoms with van der Waals surface area (Å²) in [6.07, 6.45) is 17.9. The molecule has 2 heterocycles. The van der Waals surface area contributed by atoms with E-state index in [9.17, 15) is 0 Å². The molecule has 0 spiro atoms. The number of nitrogens with zero attached hydrogens (tertiary/aromatic N) is 4. The Morgan fingerprint density at radius 2 is 1.17 bits per heavy atom. The van der Waals surface area contributed by atoms with Crippen LogP contribution in [-0.4, -0.2) is 9.13 Å². The fourth-order valence-electron chi connectivity index (χ4n) is 2.21. The Morgan fingerprint density at radius 1 is 0.722 bits per heavy atom. The SMILES string of the molecule is C[n+]1ccn(CCCCCCn2cc[n+](C)c2)c1. The molecule has 0 radical (unpaired) electrons. The van der Waals surface area contributed by atoms with Crippen LogP contribution in [0, 0.1) is 0 Å². The molecular formula is C14H24N4+2. The molecule has 0 amide bonds. The predicted octanol–water partition coefficient (Wildman–Crippen LogP) is 1.20. The molecule has 0 aliphatic carbocycles. The van der Waals surface area contributed by atoms with E-state index < -0.39 is 0 Å². The Bertz CT molecular complexity index is 425. The molecule has 0 fully saturated rings. The Kier molecular flexibility index (Phi) is 4.56. The van der Waals surface area contributed by atoms with Gasteiger partial charge in [-0.1, -0.05) is 0 Å². The summed E-state index contributed by atoms with van der Waals surface area (Å²) >= 11 is 0. The maximum Gasteiger partial charge on any atom is 0.243 e. The molecule has 0 N–H and O–H groups in total. The maximum absolute atomic E-state index is 2.26. The maximum atomic E-state index is 2.26. The highest BCUT2D eigenvalue weighted by molar-refractivity contribution is 4.67. The lowest BCUT2D eigenvalue weighted by Gasteiger charge is -1.98. The van der Waals surface area contributed by atoms with E-state index in [-0.39, 0.29) is 0 Å². The van der Waals surface area contributed by atoms with Crippen molar-refractivity contribution in [3.8, 4) is 0 Å². The van der Waals surface area contributed by atoms with Crippen LogP contribution in [-0.2, 0) is 27.2 Å². The molecular weight excluding hydrogens is 224 g/mol. The van der Waals surface area contributed by atoms with E-state index >= 15 is 0 Å². The fraction of sp³-hybridized carbons (Fsp3) is 0.571. The molecule has 2 aromatic heterocycles. The van der Waals surface area contributed by atoms with Crippen molar-refractivity contribution in [2.45, 2.75) is 38.8 Å². The first-order valence-electron chi connectivity index (χ1n) is 6.76. The molecule has 0 saturated heterocycles. The molecule has 18 heavy (non-hydrogen) atoms. The van der Waals surface area contributed by atoms with E-state index in [2.05, 4.69) is 69.8 Å². The van der Waals surface area contributed by atoms with Crippen LogP contribution in [0.15, 0.2) is 37.4 Å². The number of unbranched alkanes of at least 4 members (excludes halogenated alkanes) is 3. The second-order valence-corrected chi connectivity index (χ2v) is 5.05. The van der Waals surface area contributed by atoms with E-state index in [0.29, 0.717) is 0 Å². The molecule has 2 rings (SSSR count). The Labute approximate surface area is 109 Å². The van der Waals surface area contributed by atoms with Crippen LogP contribution >= 0.6 is 0 Å². The average molecular weight is 248 g/mol. The van der Waals surface area contributed by atoms with Crippen LogP contribution in [0.3, 0.4) is 0 Å². The Balaban J connectivity index is 1.54. The predicted molar refractivity (Wildman–Crippen MR) is 69.7 cm³/mol. The monoisotopic (exact) mass is 248 g/mol. The second-order valence-electron chi connectivity index (χ2n) is 5.05. The summed E-state index contributed by atoms with van der Waals surface area (Å²) in [4.78, 5) is 0. The van der Waals surface area contributed by atoms with Crippen molar-refractivity contribution >= 4 is 0 Å². The van der Waals surface area contributed by atoms with Crippen LogP contribution in [0.4, 0.5) is 0 Å². The highest BCUT2D eigenvalue weighted by atomic mass is 15.1. The third-order valence-corrected chi connectivity index (χ3v) is 3.23. The molecule has 0 aliphatic heterocycles. The minimum absolute atomic E-state index is 1.14. The number of hydrogen-bond donors (Lipinski definition) is 0. The third-order valence-electron chi connectivity index (χ3n) is 3.23. The van der Waals surface area contributed by atoms with Crippen molar-refractivity contribution in [1.29, 1.82) is 0 Å². The van der Waals surface area contributed by atoms with Gasteiger partial charge >= 0.3 is 0 Å². The summed E-state index contributed by atoms with van der Waals surface area (Å²) in [6, 6.07) is 0. The minimum atomic E-state index is 1.14. The molecule has 0 unspecified atom stereocenters. The van der Waals surface area contributed by atoms with Crippen LogP contribution in [0.1, 0.15) is 25.7 Å². The van der Waals surface area contributed by atoms with Crippen molar-refractivity contribution in [1.82, 2.24) is 9.13 Å². The van der Waals surface area contributed by atoms with Gasteiger partial charge in [-0.25, -0.2) is 18.3 Å². The summed E-state index contributed by atoms with van der Waals surface area (Å²) in [5, 5.41) is 0. The van der Waals surface area contributed by atoms with Crippen molar-refractivity contribution in [2.75, 3.05) is 0 Å². The standard InChI is InChI=1S/C14H24N4/c1-15-9-11-17(13-15)7-5-3-4-6-8-18-12-10-16(2)14-18/h9-14H,3-8H2,1-2H3/q+2. The number of hydrogen-bond acceptors (Lipinski definition) is 0. The second kappa shape index (κ2) is 6.38. The lowest BCUT2D eigenvalue weighted by molar-refractivity contribution is -0.671. The highest BCUT2D eigenvalue weighted by Gasteiger charge is 2.01. The molecule has 0 bridgehead atoms. The summed E-state index contributed by atoms with van der Waals surface area (Å²) < 4.78 is 8.69. The molecule has 0 atom stereocenters. The van der Waals surface area contributed by atoms with Crippen LogP contribution in [0.2, 0.25) is 0 Å². The van der Waals surface area contributed by atoms with Gasteiger partial charge < -0.3 is 0 Å². The highest BCUT2D eigenvalue weighted by Crippen LogP contribution is 2.03. The molecule has 4 heteroatoms. The lowest BCUT2D eigenvalue weighted by atomic mass is 10.2. The van der Waals surface area contributed by atoms with Gasteiger partial charge in [-0.05, 0) is 25.7 Å². The molecule has 98 valence electrons. The largest absolute Gasteiger partial charge is 0.243 e. The summed E-state index contributed by atoms with van der Waals surface area (Å²) in [5.74, 6) is 0. The number of aryl methyl sites for hydroxylation is 4. The zero-order valence-corrected chi connectivity index (χ0v) is 11.5. The van der Waals surface area contributed by atoms with Gasteiger partial charge in [-0.15, -0.1) is 0 Å². The first-order chi connectivity index (χ1) is 8.74. The van der Waals surface area contributed by atoms with Crippen molar-refractivity contribution in [3.63, 3.8) is 0 Å². The molecule has 0 aliphatic rings. The lowest BCUT2D eigenvalue weighted by Crippen LogP contribution is -2.23. The molecule has 0 aromatic carbocycles.